The molecular formula is C7H5Cl3Zn-. The monoisotopic (exact) mass is 258 g/mol. The normalized spacial score (nSPS) is 16.5. The van der Waals surface area contributed by atoms with Gasteiger partial charge in [-0.15, -0.1) is 11.6 Å². The van der Waals surface area contributed by atoms with Gasteiger partial charge in [0.25, 0.3) is 0 Å². The molecule has 0 saturated heterocycles. The van der Waals surface area contributed by atoms with E-state index in [0.717, 1.165) is 5.57 Å². The van der Waals surface area contributed by atoms with E-state index in [-0.39, 0.29) is 31.9 Å². The zero-order valence-electron chi connectivity index (χ0n) is 5.78. The van der Waals surface area contributed by atoms with E-state index in [4.69, 9.17) is 23.2 Å². The molecule has 0 aromatic heterocycles. The molecule has 11 heavy (non-hydrogen) atoms. The van der Waals surface area contributed by atoms with Crippen molar-refractivity contribution < 1.29 is 31.9 Å². The summed E-state index contributed by atoms with van der Waals surface area (Å²) in [5.74, 6) is 0. The van der Waals surface area contributed by atoms with Gasteiger partial charge in [0.2, 0.25) is 0 Å². The molecule has 0 bridgehead atoms. The molecule has 0 aromatic carbocycles. The van der Waals surface area contributed by atoms with Gasteiger partial charge >= 0.3 is 0 Å². The van der Waals surface area contributed by atoms with Crippen LogP contribution in [0.4, 0.5) is 0 Å². The number of allylic oxidation sites excluding steroid dienone is 5. The third kappa shape index (κ3) is 4.33. The van der Waals surface area contributed by atoms with Gasteiger partial charge in [-0.3, -0.25) is 0 Å². The van der Waals surface area contributed by atoms with Gasteiger partial charge in [-0.2, -0.15) is 0 Å². The smallest absolute Gasteiger partial charge is 0.126 e. The zero-order chi connectivity index (χ0) is 6.85. The summed E-state index contributed by atoms with van der Waals surface area (Å²) >= 11 is 11.3. The molecule has 0 N–H and O–H groups in total. The molecule has 0 amide bonds. The van der Waals surface area contributed by atoms with Gasteiger partial charge < -0.3 is 12.4 Å². The molecule has 0 heterocycles. The van der Waals surface area contributed by atoms with E-state index in [2.05, 4.69) is 6.58 Å². The summed E-state index contributed by atoms with van der Waals surface area (Å²) in [6.07, 6.45) is 5.27. The summed E-state index contributed by atoms with van der Waals surface area (Å²) < 4.78 is 0. The second-order valence-corrected chi connectivity index (χ2v) is 2.56. The molecule has 1 radical (unpaired) electrons. The summed E-state index contributed by atoms with van der Waals surface area (Å²) in [6, 6.07) is 0. The van der Waals surface area contributed by atoms with Gasteiger partial charge in [0.15, 0.2) is 0 Å². The minimum atomic E-state index is 0. The van der Waals surface area contributed by atoms with Crippen LogP contribution in [0.25, 0.3) is 0 Å². The van der Waals surface area contributed by atoms with E-state index >= 15 is 0 Å². The Labute approximate surface area is 95.5 Å². The second kappa shape index (κ2) is 6.25. The largest absolute Gasteiger partial charge is 1.00 e. The van der Waals surface area contributed by atoms with Gasteiger partial charge in [-0.25, -0.2) is 0 Å². The molecule has 0 fully saturated rings. The Bertz CT molecular complexity index is 196. The molecule has 0 atom stereocenters. The van der Waals surface area contributed by atoms with Gasteiger partial charge in [0.1, 0.15) is 5.38 Å². The molecule has 0 aliphatic heterocycles. The van der Waals surface area contributed by atoms with Gasteiger partial charge in [-0.05, 0) is 11.6 Å². The van der Waals surface area contributed by atoms with Crippen LogP contribution >= 0.6 is 23.2 Å². The van der Waals surface area contributed by atoms with E-state index in [0.29, 0.717) is 10.4 Å². The van der Waals surface area contributed by atoms with E-state index in [1.165, 1.54) is 0 Å². The third-order valence-electron chi connectivity index (χ3n) is 0.984. The number of halogens is 3. The van der Waals surface area contributed by atoms with Crippen LogP contribution in [0.2, 0.25) is 0 Å². The van der Waals surface area contributed by atoms with E-state index < -0.39 is 0 Å². The SMILES string of the molecule is C=C1C=C[C](Cl)C(Cl)=C1.[Cl-].[Zn]. The van der Waals surface area contributed by atoms with Gasteiger partial charge in [-0.1, -0.05) is 30.3 Å². The maximum atomic E-state index is 5.64. The first-order valence-corrected chi connectivity index (χ1v) is 3.23. The first-order valence-electron chi connectivity index (χ1n) is 2.47. The average Bonchev–Trinajstić information content (AvgIpc) is 1.80. The van der Waals surface area contributed by atoms with E-state index in [1.807, 2.05) is 6.08 Å². The fourth-order valence-electron chi connectivity index (χ4n) is 0.540. The number of hydrogen-bond acceptors (Lipinski definition) is 0. The van der Waals surface area contributed by atoms with Crippen molar-refractivity contribution in [2.45, 2.75) is 0 Å². The van der Waals surface area contributed by atoms with Gasteiger partial charge in [0, 0.05) is 24.5 Å². The topological polar surface area (TPSA) is 0 Å². The number of hydrogen-bond donors (Lipinski definition) is 0. The summed E-state index contributed by atoms with van der Waals surface area (Å²) in [6.45, 7) is 3.68. The Balaban J connectivity index is 0. The Morgan fingerprint density at radius 3 is 2.09 bits per heavy atom. The zero-order valence-corrected chi connectivity index (χ0v) is 11.0. The summed E-state index contributed by atoms with van der Waals surface area (Å²) in [7, 11) is 0. The Kier molecular flexibility index (Phi) is 8.10. The molecule has 0 unspecified atom stereocenters. The van der Waals surface area contributed by atoms with Crippen molar-refractivity contribution in [1.29, 1.82) is 0 Å². The van der Waals surface area contributed by atoms with Crippen molar-refractivity contribution in [3.8, 4) is 0 Å². The molecule has 4 heteroatoms. The van der Waals surface area contributed by atoms with Crippen molar-refractivity contribution in [3.05, 3.63) is 40.8 Å². The van der Waals surface area contributed by atoms with Crippen molar-refractivity contribution in [1.82, 2.24) is 0 Å². The van der Waals surface area contributed by atoms with Crippen LogP contribution in [-0.2, 0) is 19.5 Å². The van der Waals surface area contributed by atoms with Crippen molar-refractivity contribution in [2.75, 3.05) is 0 Å². The fraction of sp³-hybridized carbons (Fsp3) is 0. The van der Waals surface area contributed by atoms with Gasteiger partial charge in [0.05, 0.1) is 0 Å². The summed E-state index contributed by atoms with van der Waals surface area (Å²) in [4.78, 5) is 0. The average molecular weight is 261 g/mol. The van der Waals surface area contributed by atoms with E-state index in [1.54, 1.807) is 12.2 Å². The van der Waals surface area contributed by atoms with Crippen molar-refractivity contribution in [2.24, 2.45) is 0 Å². The van der Waals surface area contributed by atoms with Crippen LogP contribution in [0.3, 0.4) is 0 Å². The van der Waals surface area contributed by atoms with Crippen molar-refractivity contribution in [3.63, 3.8) is 0 Å². The third-order valence-corrected chi connectivity index (χ3v) is 1.72. The van der Waals surface area contributed by atoms with Crippen LogP contribution in [-0.4, -0.2) is 0 Å². The molecule has 1 aliphatic rings. The van der Waals surface area contributed by atoms with Crippen LogP contribution in [0.15, 0.2) is 35.4 Å². The minimum absolute atomic E-state index is 0. The molecule has 0 spiro atoms. The fourth-order valence-corrected chi connectivity index (χ4v) is 0.860. The quantitative estimate of drug-likeness (QED) is 0.539. The molecule has 0 aromatic rings. The number of rotatable bonds is 0. The predicted octanol–water partition coefficient (Wildman–Crippen LogP) is 0.00739. The van der Waals surface area contributed by atoms with Crippen LogP contribution in [0.1, 0.15) is 0 Å². The Hall–Kier alpha value is 0.713. The Morgan fingerprint density at radius 2 is 1.73 bits per heavy atom. The summed E-state index contributed by atoms with van der Waals surface area (Å²) in [5.41, 5.74) is 0.879. The first kappa shape index (κ1) is 14.2. The van der Waals surface area contributed by atoms with E-state index in [9.17, 15) is 0 Å². The van der Waals surface area contributed by atoms with Crippen molar-refractivity contribution >= 4 is 23.2 Å². The maximum Gasteiger partial charge on any atom is 0.126 e. The maximum absolute atomic E-state index is 5.64. The predicted molar refractivity (Wildman–Crippen MR) is 41.3 cm³/mol. The van der Waals surface area contributed by atoms with Crippen LogP contribution in [0.5, 0.6) is 0 Å². The molecular weight excluding hydrogens is 256 g/mol. The minimum Gasteiger partial charge on any atom is -1.00 e. The molecule has 0 saturated carbocycles. The summed E-state index contributed by atoms with van der Waals surface area (Å²) in [5, 5.41) is 1.13. The molecule has 0 nitrogen and oxygen atoms in total. The van der Waals surface area contributed by atoms with Crippen LogP contribution < -0.4 is 12.4 Å². The van der Waals surface area contributed by atoms with Crippen LogP contribution in [0, 0.1) is 5.38 Å². The molecule has 1 aliphatic carbocycles. The Morgan fingerprint density at radius 1 is 1.18 bits per heavy atom. The standard InChI is InChI=1S/C7H5Cl2.ClH.Zn/c1-5-2-3-6(8)7(9)4-5;;/h2-4H,1H2;1H;/p-1. The molecule has 57 valence electrons. The first-order chi connectivity index (χ1) is 4.20. The molecule has 1 rings (SSSR count). The second-order valence-electron chi connectivity index (χ2n) is 1.75.